The number of rotatable bonds is 11. The Labute approximate surface area is 241 Å². The number of pyridine rings is 1. The van der Waals surface area contributed by atoms with Crippen LogP contribution in [-0.4, -0.2) is 53.5 Å². The minimum atomic E-state index is -2.59. The summed E-state index contributed by atoms with van der Waals surface area (Å²) >= 11 is 1.16. The van der Waals surface area contributed by atoms with E-state index in [1.807, 2.05) is 37.3 Å². The molecule has 9 nitrogen and oxygen atoms in total. The number of aryl methyl sites for hydroxylation is 1. The summed E-state index contributed by atoms with van der Waals surface area (Å²) in [7, 11) is 0. The van der Waals surface area contributed by atoms with Crippen LogP contribution in [0.2, 0.25) is 0 Å². The highest BCUT2D eigenvalue weighted by Crippen LogP contribution is 2.48. The quantitative estimate of drug-likeness (QED) is 0.311. The van der Waals surface area contributed by atoms with E-state index in [2.05, 4.69) is 25.5 Å². The van der Waals surface area contributed by atoms with Gasteiger partial charge in [0.05, 0.1) is 37.0 Å². The molecule has 41 heavy (non-hydrogen) atoms. The molecule has 0 radical (unpaired) electrons. The van der Waals surface area contributed by atoms with Crippen molar-refractivity contribution >= 4 is 34.1 Å². The summed E-state index contributed by atoms with van der Waals surface area (Å²) in [6.07, 6.45) is 2.63. The second-order valence-electron chi connectivity index (χ2n) is 10.4. The summed E-state index contributed by atoms with van der Waals surface area (Å²) in [5.74, 6) is -1.66. The van der Waals surface area contributed by atoms with Gasteiger partial charge in [-0.1, -0.05) is 30.4 Å². The highest BCUT2D eigenvalue weighted by Gasteiger charge is 2.57. The molecule has 2 fully saturated rings. The van der Waals surface area contributed by atoms with Gasteiger partial charge in [-0.25, -0.2) is 18.7 Å². The predicted molar refractivity (Wildman–Crippen MR) is 152 cm³/mol. The van der Waals surface area contributed by atoms with Crippen LogP contribution in [-0.2, 0) is 4.79 Å². The van der Waals surface area contributed by atoms with Gasteiger partial charge in [0.15, 0.2) is 5.13 Å². The lowest BCUT2D eigenvalue weighted by molar-refractivity contribution is -0.115. The van der Waals surface area contributed by atoms with Gasteiger partial charge in [0.1, 0.15) is 28.3 Å². The standard InChI is InChI=1S/C29H33F2N5O4S/c1-4-25(37)35-28-34-18(3)26(41-28)27(38)33-17(2)19-5-7-21(8-6-19)40-23-11-12-36(15-23)24-10-9-22(14-32-24)39-16-20-13-29(20,30)31/h5-10,14,17,20,23H,4,11-13,15-16H2,1-3H3,(H,33,38)(H,34,35,37)/t17-,20+,23+/m0/s1. The SMILES string of the molecule is CCC(=O)Nc1nc(C)c(C(=O)N[C@@H](C)c2ccc(O[C@@H]3CCN(c4ccc(OC[C@H]5CC5(F)F)cn4)C3)cc2)s1. The zero-order valence-corrected chi connectivity index (χ0v) is 24.0. The van der Waals surface area contributed by atoms with E-state index in [1.54, 1.807) is 26.1 Å². The van der Waals surface area contributed by atoms with Gasteiger partial charge in [-0.05, 0) is 43.7 Å². The number of carbonyl (C=O) groups excluding carboxylic acids is 2. The lowest BCUT2D eigenvalue weighted by Gasteiger charge is -2.19. The van der Waals surface area contributed by atoms with E-state index in [0.717, 1.165) is 41.4 Å². The Balaban J connectivity index is 1.09. The Morgan fingerprint density at radius 1 is 1.20 bits per heavy atom. The number of alkyl halides is 2. The molecule has 1 saturated carbocycles. The van der Waals surface area contributed by atoms with E-state index >= 15 is 0 Å². The van der Waals surface area contributed by atoms with Crippen molar-refractivity contribution < 1.29 is 27.8 Å². The molecule has 5 rings (SSSR count). The average Bonchev–Trinajstić information content (AvgIpc) is 3.24. The molecule has 12 heteroatoms. The number of benzene rings is 1. The molecule has 1 aromatic carbocycles. The number of nitrogens with zero attached hydrogens (tertiary/aromatic N) is 3. The van der Waals surface area contributed by atoms with E-state index in [1.165, 1.54) is 0 Å². The Bertz CT molecular complexity index is 1380. The number of aromatic nitrogens is 2. The molecule has 2 aliphatic rings. The van der Waals surface area contributed by atoms with Gasteiger partial charge in [0.2, 0.25) is 5.91 Å². The Hall–Kier alpha value is -3.80. The van der Waals surface area contributed by atoms with Gasteiger partial charge in [0, 0.05) is 25.8 Å². The van der Waals surface area contributed by atoms with E-state index < -0.39 is 11.8 Å². The van der Waals surface area contributed by atoms with Gasteiger partial charge in [-0.15, -0.1) is 0 Å². The smallest absolute Gasteiger partial charge is 0.263 e. The fourth-order valence-electron chi connectivity index (χ4n) is 4.57. The molecule has 3 aromatic rings. The number of carbonyl (C=O) groups is 2. The highest BCUT2D eigenvalue weighted by atomic mass is 32.1. The molecule has 1 aliphatic heterocycles. The summed E-state index contributed by atoms with van der Waals surface area (Å²) in [6.45, 7) is 6.87. The molecule has 0 spiro atoms. The first kappa shape index (κ1) is 28.7. The molecule has 1 saturated heterocycles. The van der Waals surface area contributed by atoms with Crippen molar-refractivity contribution in [2.24, 2.45) is 5.92 Å². The third-order valence-corrected chi connectivity index (χ3v) is 8.27. The first-order valence-corrected chi connectivity index (χ1v) is 14.5. The molecular weight excluding hydrogens is 552 g/mol. The summed E-state index contributed by atoms with van der Waals surface area (Å²) in [4.78, 5) is 35.8. The minimum Gasteiger partial charge on any atom is -0.491 e. The van der Waals surface area contributed by atoms with Gasteiger partial charge in [-0.3, -0.25) is 9.59 Å². The molecule has 218 valence electrons. The molecule has 0 bridgehead atoms. The first-order valence-electron chi connectivity index (χ1n) is 13.7. The van der Waals surface area contributed by atoms with Crippen LogP contribution in [0.3, 0.4) is 0 Å². The number of hydrogen-bond donors (Lipinski definition) is 2. The molecule has 2 aromatic heterocycles. The maximum absolute atomic E-state index is 13.0. The molecule has 2 N–H and O–H groups in total. The molecular formula is C29H33F2N5O4S. The second-order valence-corrected chi connectivity index (χ2v) is 11.4. The third kappa shape index (κ3) is 7.10. The molecule has 2 amide bonds. The van der Waals surface area contributed by atoms with Crippen LogP contribution in [0.15, 0.2) is 42.6 Å². The monoisotopic (exact) mass is 585 g/mol. The third-order valence-electron chi connectivity index (χ3n) is 7.20. The summed E-state index contributed by atoms with van der Waals surface area (Å²) in [6, 6.07) is 11.0. The number of nitrogens with one attached hydrogen (secondary N) is 2. The predicted octanol–water partition coefficient (Wildman–Crippen LogP) is 5.38. The Kier molecular flexibility index (Phi) is 8.39. The number of thiazole rings is 1. The van der Waals surface area contributed by atoms with Gasteiger partial charge in [-0.2, -0.15) is 0 Å². The lowest BCUT2D eigenvalue weighted by Crippen LogP contribution is -2.26. The number of amides is 2. The molecule has 3 atom stereocenters. The summed E-state index contributed by atoms with van der Waals surface area (Å²) in [5, 5.41) is 6.11. The zero-order valence-electron chi connectivity index (χ0n) is 23.2. The summed E-state index contributed by atoms with van der Waals surface area (Å²) in [5.41, 5.74) is 1.50. The van der Waals surface area contributed by atoms with Gasteiger partial charge < -0.3 is 25.0 Å². The fraction of sp³-hybridized carbons (Fsp3) is 0.448. The topological polar surface area (TPSA) is 106 Å². The highest BCUT2D eigenvalue weighted by molar-refractivity contribution is 7.17. The van der Waals surface area contributed by atoms with Crippen LogP contribution in [0.25, 0.3) is 0 Å². The van der Waals surface area contributed by atoms with Crippen molar-refractivity contribution in [1.82, 2.24) is 15.3 Å². The van der Waals surface area contributed by atoms with Crippen molar-refractivity contribution in [3.8, 4) is 11.5 Å². The largest absolute Gasteiger partial charge is 0.491 e. The fourth-order valence-corrected chi connectivity index (χ4v) is 5.45. The van der Waals surface area contributed by atoms with E-state index in [9.17, 15) is 18.4 Å². The number of hydrogen-bond acceptors (Lipinski definition) is 8. The number of halogens is 2. The molecule has 1 aliphatic carbocycles. The molecule has 0 unspecified atom stereocenters. The van der Waals surface area contributed by atoms with Gasteiger partial charge >= 0.3 is 0 Å². The Morgan fingerprint density at radius 2 is 1.93 bits per heavy atom. The Morgan fingerprint density at radius 3 is 2.59 bits per heavy atom. The van der Waals surface area contributed by atoms with Crippen LogP contribution in [0.4, 0.5) is 19.7 Å². The first-order chi connectivity index (χ1) is 19.6. The van der Waals surface area contributed by atoms with Crippen molar-refractivity contribution in [3.05, 3.63) is 58.7 Å². The van der Waals surface area contributed by atoms with Crippen LogP contribution in [0.5, 0.6) is 11.5 Å². The van der Waals surface area contributed by atoms with Crippen LogP contribution >= 0.6 is 11.3 Å². The maximum atomic E-state index is 13.0. The zero-order chi connectivity index (χ0) is 29.1. The van der Waals surface area contributed by atoms with E-state index in [0.29, 0.717) is 34.4 Å². The van der Waals surface area contributed by atoms with Crippen molar-refractivity contribution in [2.75, 3.05) is 29.9 Å². The normalized spacial score (nSPS) is 19.9. The van der Waals surface area contributed by atoms with Crippen molar-refractivity contribution in [1.29, 1.82) is 0 Å². The van der Waals surface area contributed by atoms with Crippen LogP contribution < -0.4 is 25.0 Å². The van der Waals surface area contributed by atoms with Gasteiger partial charge in [0.25, 0.3) is 11.8 Å². The van der Waals surface area contributed by atoms with Crippen LogP contribution in [0.1, 0.15) is 60.1 Å². The van der Waals surface area contributed by atoms with Crippen LogP contribution in [0, 0.1) is 12.8 Å². The number of ether oxygens (including phenoxy) is 2. The van der Waals surface area contributed by atoms with E-state index in [4.69, 9.17) is 9.47 Å². The van der Waals surface area contributed by atoms with E-state index in [-0.39, 0.29) is 37.0 Å². The summed E-state index contributed by atoms with van der Waals surface area (Å²) < 4.78 is 37.7. The van der Waals surface area contributed by atoms with Crippen molar-refractivity contribution in [2.45, 2.75) is 58.1 Å². The second kappa shape index (κ2) is 12.0. The number of anilines is 2. The molecule has 3 heterocycles. The lowest BCUT2D eigenvalue weighted by atomic mass is 10.1. The van der Waals surface area contributed by atoms with Crippen molar-refractivity contribution in [3.63, 3.8) is 0 Å². The average molecular weight is 586 g/mol. The maximum Gasteiger partial charge on any atom is 0.263 e. The minimum absolute atomic E-state index is 0.00420.